The zero-order chi connectivity index (χ0) is 31.4. The van der Waals surface area contributed by atoms with Crippen LogP contribution in [0.5, 0.6) is 17.2 Å². The van der Waals surface area contributed by atoms with Gasteiger partial charge < -0.3 is 9.47 Å². The minimum Gasteiger partial charge on any atom is -0.489 e. The Bertz CT molecular complexity index is 1790. The van der Waals surface area contributed by atoms with Gasteiger partial charge in [0.15, 0.2) is 0 Å². The molecule has 1 aliphatic rings. The molecule has 0 atom stereocenters. The molecule has 0 bridgehead atoms. The highest BCUT2D eigenvalue weighted by Gasteiger charge is 2.37. The Kier molecular flexibility index (Phi) is 8.11. The molecule has 4 aromatic rings. The number of carbonyl (C=O) groups is 3. The third-order valence-electron chi connectivity index (χ3n) is 6.37. The largest absolute Gasteiger partial charge is 0.489 e. The Hall–Kier alpha value is -5.98. The minimum atomic E-state index is -4.82. The van der Waals surface area contributed by atoms with Crippen molar-refractivity contribution in [2.45, 2.75) is 12.8 Å². The van der Waals surface area contributed by atoms with Crippen molar-refractivity contribution < 1.29 is 42.0 Å². The van der Waals surface area contributed by atoms with E-state index in [0.717, 1.165) is 22.6 Å². The zero-order valence-electron chi connectivity index (χ0n) is 22.4. The molecule has 1 fully saturated rings. The maximum atomic E-state index is 13.4. The predicted molar refractivity (Wildman–Crippen MR) is 151 cm³/mol. The second kappa shape index (κ2) is 12.1. The fraction of sp³-hybridized carbons (Fsp3) is 0.0645. The van der Waals surface area contributed by atoms with Crippen molar-refractivity contribution in [3.8, 4) is 17.2 Å². The predicted octanol–water partition coefficient (Wildman–Crippen LogP) is 6.65. The number of carbonyl (C=O) groups excluding carboxylic acids is 3. The van der Waals surface area contributed by atoms with Crippen molar-refractivity contribution >= 4 is 35.3 Å². The number of rotatable bonds is 8. The molecule has 0 radical (unpaired) electrons. The fourth-order valence-corrected chi connectivity index (χ4v) is 4.21. The molecule has 0 spiro atoms. The standard InChI is InChI=1S/C31H20F3N3O7/c32-31(33,34)21-10-15-27(25(17-21)37(41)42)44-26-9-5-4-8-20(26)16-24-28(38)35-30(40)36(29(24)39)22-11-13-23(14-12-22)43-18-19-6-2-1-3-7-19/h1-17H,18H2,(H,35,38,40)/b24-16+. The van der Waals surface area contributed by atoms with Gasteiger partial charge in [0, 0.05) is 11.6 Å². The van der Waals surface area contributed by atoms with E-state index in [1.807, 2.05) is 30.3 Å². The van der Waals surface area contributed by atoms with Crippen molar-refractivity contribution in [3.05, 3.63) is 129 Å². The Labute approximate surface area is 247 Å². The van der Waals surface area contributed by atoms with Gasteiger partial charge in [-0.15, -0.1) is 0 Å². The first-order chi connectivity index (χ1) is 21.0. The molecule has 4 aromatic carbocycles. The Morgan fingerprint density at radius 3 is 2.23 bits per heavy atom. The van der Waals surface area contributed by atoms with Gasteiger partial charge in [-0.1, -0.05) is 48.5 Å². The third kappa shape index (κ3) is 6.41. The number of barbiturate groups is 1. The summed E-state index contributed by atoms with van der Waals surface area (Å²) in [4.78, 5) is 50.0. The second-order valence-corrected chi connectivity index (χ2v) is 9.30. The van der Waals surface area contributed by atoms with Crippen LogP contribution in [0.2, 0.25) is 0 Å². The summed E-state index contributed by atoms with van der Waals surface area (Å²) in [7, 11) is 0. The summed E-state index contributed by atoms with van der Waals surface area (Å²) in [6.45, 7) is 0.293. The summed E-state index contributed by atoms with van der Waals surface area (Å²) in [5.74, 6) is -2.11. The maximum absolute atomic E-state index is 13.4. The lowest BCUT2D eigenvalue weighted by atomic mass is 10.1. The van der Waals surface area contributed by atoms with E-state index in [4.69, 9.17) is 9.47 Å². The summed E-state index contributed by atoms with van der Waals surface area (Å²) >= 11 is 0. The van der Waals surface area contributed by atoms with E-state index in [0.29, 0.717) is 24.5 Å². The van der Waals surface area contributed by atoms with Crippen molar-refractivity contribution in [1.29, 1.82) is 0 Å². The number of imide groups is 2. The molecule has 13 heteroatoms. The normalized spacial score (nSPS) is 14.4. The van der Waals surface area contributed by atoms with Crippen LogP contribution in [0.15, 0.2) is 103 Å². The number of anilines is 1. The molecule has 1 aliphatic heterocycles. The lowest BCUT2D eigenvalue weighted by molar-refractivity contribution is -0.385. The number of halogens is 3. The average Bonchev–Trinajstić information content (AvgIpc) is 2.99. The van der Waals surface area contributed by atoms with E-state index >= 15 is 0 Å². The van der Waals surface area contributed by atoms with Gasteiger partial charge in [0.25, 0.3) is 11.8 Å². The molecule has 10 nitrogen and oxygen atoms in total. The van der Waals surface area contributed by atoms with Crippen molar-refractivity contribution in [2.75, 3.05) is 4.90 Å². The van der Waals surface area contributed by atoms with E-state index in [1.165, 1.54) is 36.4 Å². The SMILES string of the molecule is O=C1NC(=O)N(c2ccc(OCc3ccccc3)cc2)C(=O)/C1=C/c1ccccc1Oc1ccc(C(F)(F)F)cc1[N+](=O)[O-]. The Morgan fingerprint density at radius 1 is 0.864 bits per heavy atom. The van der Waals surface area contributed by atoms with Crippen LogP contribution in [0.3, 0.4) is 0 Å². The number of alkyl halides is 3. The smallest absolute Gasteiger partial charge is 0.416 e. The molecule has 222 valence electrons. The number of nitro benzene ring substituents is 1. The summed E-state index contributed by atoms with van der Waals surface area (Å²) in [6, 6.07) is 22.0. The number of urea groups is 1. The number of ether oxygens (including phenoxy) is 2. The number of para-hydroxylation sites is 1. The van der Waals surface area contributed by atoms with E-state index in [1.54, 1.807) is 12.1 Å². The number of nitrogens with one attached hydrogen (secondary N) is 1. The van der Waals surface area contributed by atoms with E-state index in [2.05, 4.69) is 5.32 Å². The molecular formula is C31H20F3N3O7. The van der Waals surface area contributed by atoms with Crippen LogP contribution in [-0.2, 0) is 22.4 Å². The van der Waals surface area contributed by atoms with Crippen LogP contribution in [0.1, 0.15) is 16.7 Å². The maximum Gasteiger partial charge on any atom is 0.416 e. The molecule has 4 amide bonds. The summed E-state index contributed by atoms with van der Waals surface area (Å²) in [5.41, 5.74) is -1.49. The second-order valence-electron chi connectivity index (χ2n) is 9.30. The van der Waals surface area contributed by atoms with Crippen LogP contribution in [0.4, 0.5) is 29.3 Å². The molecule has 5 rings (SSSR count). The summed E-state index contributed by atoms with van der Waals surface area (Å²) < 4.78 is 50.7. The van der Waals surface area contributed by atoms with Crippen LogP contribution < -0.4 is 19.7 Å². The van der Waals surface area contributed by atoms with Gasteiger partial charge in [0.2, 0.25) is 5.75 Å². The van der Waals surface area contributed by atoms with Gasteiger partial charge in [-0.25, -0.2) is 9.69 Å². The number of benzene rings is 4. The lowest BCUT2D eigenvalue weighted by Crippen LogP contribution is -2.54. The summed E-state index contributed by atoms with van der Waals surface area (Å²) in [6.07, 6.45) is -3.71. The molecule has 1 saturated heterocycles. The fourth-order valence-electron chi connectivity index (χ4n) is 4.21. The van der Waals surface area contributed by atoms with E-state index < -0.39 is 51.5 Å². The van der Waals surface area contributed by atoms with Crippen LogP contribution in [-0.4, -0.2) is 22.8 Å². The van der Waals surface area contributed by atoms with Gasteiger partial charge in [0.05, 0.1) is 16.2 Å². The van der Waals surface area contributed by atoms with Crippen molar-refractivity contribution in [1.82, 2.24) is 5.32 Å². The van der Waals surface area contributed by atoms with Gasteiger partial charge >= 0.3 is 17.9 Å². The molecule has 1 heterocycles. The first kappa shape index (κ1) is 29.5. The van der Waals surface area contributed by atoms with Gasteiger partial charge in [-0.3, -0.25) is 25.0 Å². The number of nitro groups is 1. The zero-order valence-corrected chi connectivity index (χ0v) is 22.4. The van der Waals surface area contributed by atoms with E-state index in [-0.39, 0.29) is 17.0 Å². The number of nitrogens with zero attached hydrogens (tertiary/aromatic N) is 2. The highest BCUT2D eigenvalue weighted by atomic mass is 19.4. The van der Waals surface area contributed by atoms with E-state index in [9.17, 15) is 37.7 Å². The first-order valence-electron chi connectivity index (χ1n) is 12.8. The van der Waals surface area contributed by atoms with Gasteiger partial charge in [-0.2, -0.15) is 13.2 Å². The molecule has 0 unspecified atom stereocenters. The monoisotopic (exact) mass is 603 g/mol. The molecule has 0 saturated carbocycles. The minimum absolute atomic E-state index is 0.0826. The number of hydrogen-bond donors (Lipinski definition) is 1. The molecular weight excluding hydrogens is 583 g/mol. The quantitative estimate of drug-likeness (QED) is 0.103. The highest BCUT2D eigenvalue weighted by molar-refractivity contribution is 6.39. The van der Waals surface area contributed by atoms with Gasteiger partial charge in [-0.05, 0) is 54.1 Å². The highest BCUT2D eigenvalue weighted by Crippen LogP contribution is 2.39. The van der Waals surface area contributed by atoms with Crippen LogP contribution in [0.25, 0.3) is 6.08 Å². The number of hydrogen-bond acceptors (Lipinski definition) is 7. The lowest BCUT2D eigenvalue weighted by Gasteiger charge is -2.26. The average molecular weight is 604 g/mol. The summed E-state index contributed by atoms with van der Waals surface area (Å²) in [5, 5.41) is 13.6. The van der Waals surface area contributed by atoms with Crippen LogP contribution in [0, 0.1) is 10.1 Å². The number of amides is 4. The van der Waals surface area contributed by atoms with Crippen molar-refractivity contribution in [2.24, 2.45) is 0 Å². The van der Waals surface area contributed by atoms with Crippen LogP contribution >= 0.6 is 0 Å². The molecule has 44 heavy (non-hydrogen) atoms. The molecule has 0 aromatic heterocycles. The molecule has 0 aliphatic carbocycles. The Balaban J connectivity index is 1.41. The topological polar surface area (TPSA) is 128 Å². The third-order valence-corrected chi connectivity index (χ3v) is 6.37. The Morgan fingerprint density at radius 2 is 1.55 bits per heavy atom. The first-order valence-corrected chi connectivity index (χ1v) is 12.8. The van der Waals surface area contributed by atoms with Crippen molar-refractivity contribution in [3.63, 3.8) is 0 Å². The van der Waals surface area contributed by atoms with Gasteiger partial charge in [0.1, 0.15) is 23.7 Å². The molecule has 1 N–H and O–H groups in total.